The lowest BCUT2D eigenvalue weighted by atomic mass is 10.1. The van der Waals surface area contributed by atoms with Gasteiger partial charge in [0, 0.05) is 19.8 Å². The number of rotatable bonds is 2. The molecular formula is C14H23N3O4. The van der Waals surface area contributed by atoms with E-state index in [0.717, 1.165) is 5.56 Å². The largest absolute Gasteiger partial charge is 0.480 e. The minimum Gasteiger partial charge on any atom is -0.480 e. The molecule has 1 atom stereocenters. The normalized spacial score (nSPS) is 19.5. The summed E-state index contributed by atoms with van der Waals surface area (Å²) in [6, 6.07) is -0.253. The lowest BCUT2D eigenvalue weighted by Gasteiger charge is -2.36. The SMILES string of the molecule is COc1nn(C)cc1C1COCCN1C(=O)OC(C)(C)C. The van der Waals surface area contributed by atoms with Gasteiger partial charge in [-0.25, -0.2) is 4.79 Å². The Morgan fingerprint density at radius 2 is 2.19 bits per heavy atom. The van der Waals surface area contributed by atoms with Gasteiger partial charge in [-0.05, 0) is 20.8 Å². The van der Waals surface area contributed by atoms with Crippen LogP contribution in [0.2, 0.25) is 0 Å². The maximum absolute atomic E-state index is 12.4. The Morgan fingerprint density at radius 1 is 1.48 bits per heavy atom. The van der Waals surface area contributed by atoms with Crippen LogP contribution in [-0.2, 0) is 16.5 Å². The van der Waals surface area contributed by atoms with Crippen LogP contribution < -0.4 is 4.74 Å². The number of methoxy groups -OCH3 is 1. The Hall–Kier alpha value is -1.76. The van der Waals surface area contributed by atoms with Crippen molar-refractivity contribution in [2.75, 3.05) is 26.9 Å². The smallest absolute Gasteiger partial charge is 0.410 e. The second-order valence-corrected chi connectivity index (χ2v) is 6.03. The van der Waals surface area contributed by atoms with Crippen molar-refractivity contribution in [2.45, 2.75) is 32.4 Å². The summed E-state index contributed by atoms with van der Waals surface area (Å²) in [6.45, 7) is 6.94. The number of hydrogen-bond acceptors (Lipinski definition) is 5. The predicted octanol–water partition coefficient (Wildman–Crippen LogP) is 1.74. The molecule has 0 aliphatic carbocycles. The third kappa shape index (κ3) is 3.66. The number of aromatic nitrogens is 2. The van der Waals surface area contributed by atoms with E-state index in [1.807, 2.05) is 34.0 Å². The first kappa shape index (κ1) is 15.6. The third-order valence-corrected chi connectivity index (χ3v) is 3.13. The van der Waals surface area contributed by atoms with Gasteiger partial charge in [-0.3, -0.25) is 9.58 Å². The lowest BCUT2D eigenvalue weighted by molar-refractivity contribution is -0.0335. The molecule has 2 heterocycles. The molecule has 7 heteroatoms. The molecule has 1 saturated heterocycles. The van der Waals surface area contributed by atoms with Gasteiger partial charge in [0.15, 0.2) is 0 Å². The monoisotopic (exact) mass is 297 g/mol. The minimum atomic E-state index is -0.529. The molecule has 1 aliphatic rings. The van der Waals surface area contributed by atoms with Crippen LogP contribution in [0, 0.1) is 0 Å². The molecule has 0 bridgehead atoms. The Balaban J connectivity index is 2.24. The van der Waals surface area contributed by atoms with Crippen molar-refractivity contribution >= 4 is 6.09 Å². The van der Waals surface area contributed by atoms with Gasteiger partial charge in [0.1, 0.15) is 5.60 Å². The van der Waals surface area contributed by atoms with Gasteiger partial charge in [-0.1, -0.05) is 0 Å². The van der Waals surface area contributed by atoms with Gasteiger partial charge in [0.25, 0.3) is 0 Å². The zero-order valence-electron chi connectivity index (χ0n) is 13.3. The van der Waals surface area contributed by atoms with Crippen molar-refractivity contribution in [3.05, 3.63) is 11.8 Å². The summed E-state index contributed by atoms with van der Waals surface area (Å²) in [5, 5.41) is 4.23. The van der Waals surface area contributed by atoms with Gasteiger partial charge < -0.3 is 14.2 Å². The van der Waals surface area contributed by atoms with E-state index in [9.17, 15) is 4.79 Å². The van der Waals surface area contributed by atoms with E-state index >= 15 is 0 Å². The molecule has 1 aromatic heterocycles. The molecule has 2 rings (SSSR count). The molecule has 1 amide bonds. The zero-order chi connectivity index (χ0) is 15.6. The van der Waals surface area contributed by atoms with Gasteiger partial charge in [0.05, 0.1) is 31.9 Å². The van der Waals surface area contributed by atoms with Crippen LogP contribution >= 0.6 is 0 Å². The van der Waals surface area contributed by atoms with Crippen molar-refractivity contribution in [1.29, 1.82) is 0 Å². The summed E-state index contributed by atoms with van der Waals surface area (Å²) in [4.78, 5) is 14.1. The predicted molar refractivity (Wildman–Crippen MR) is 76.3 cm³/mol. The van der Waals surface area contributed by atoms with Crippen molar-refractivity contribution in [3.63, 3.8) is 0 Å². The van der Waals surface area contributed by atoms with E-state index in [1.165, 1.54) is 0 Å². The molecule has 1 unspecified atom stereocenters. The third-order valence-electron chi connectivity index (χ3n) is 3.13. The van der Waals surface area contributed by atoms with Crippen molar-refractivity contribution in [2.24, 2.45) is 7.05 Å². The van der Waals surface area contributed by atoms with Crippen molar-refractivity contribution < 1.29 is 19.0 Å². The average molecular weight is 297 g/mol. The van der Waals surface area contributed by atoms with Crippen LogP contribution in [0.5, 0.6) is 5.88 Å². The summed E-state index contributed by atoms with van der Waals surface area (Å²) in [7, 11) is 3.38. The Labute approximate surface area is 124 Å². The fraction of sp³-hybridized carbons (Fsp3) is 0.714. The number of nitrogens with zero attached hydrogens (tertiary/aromatic N) is 3. The first-order valence-electron chi connectivity index (χ1n) is 6.96. The van der Waals surface area contributed by atoms with Crippen LogP contribution in [0.15, 0.2) is 6.20 Å². The topological polar surface area (TPSA) is 65.8 Å². The van der Waals surface area contributed by atoms with Gasteiger partial charge >= 0.3 is 6.09 Å². The van der Waals surface area contributed by atoms with Crippen LogP contribution in [0.1, 0.15) is 32.4 Å². The zero-order valence-corrected chi connectivity index (χ0v) is 13.3. The van der Waals surface area contributed by atoms with E-state index in [2.05, 4.69) is 5.10 Å². The molecule has 1 fully saturated rings. The number of hydrogen-bond donors (Lipinski definition) is 0. The van der Waals surface area contributed by atoms with E-state index in [4.69, 9.17) is 14.2 Å². The number of morpholine rings is 1. The van der Waals surface area contributed by atoms with Gasteiger partial charge in [-0.15, -0.1) is 5.10 Å². The van der Waals surface area contributed by atoms with Crippen molar-refractivity contribution in [1.82, 2.24) is 14.7 Å². The summed E-state index contributed by atoms with van der Waals surface area (Å²) in [5.74, 6) is 0.501. The number of aryl methyl sites for hydroxylation is 1. The van der Waals surface area contributed by atoms with Gasteiger partial charge in [-0.2, -0.15) is 0 Å². The summed E-state index contributed by atoms with van der Waals surface area (Å²) >= 11 is 0. The summed E-state index contributed by atoms with van der Waals surface area (Å²) in [6.07, 6.45) is 1.50. The maximum atomic E-state index is 12.4. The second kappa shape index (κ2) is 5.93. The number of ether oxygens (including phenoxy) is 3. The first-order valence-corrected chi connectivity index (χ1v) is 6.96. The quantitative estimate of drug-likeness (QED) is 0.832. The number of carbonyl (C=O) groups is 1. The molecular weight excluding hydrogens is 274 g/mol. The molecule has 1 aromatic rings. The molecule has 7 nitrogen and oxygen atoms in total. The molecule has 0 spiro atoms. The number of amides is 1. The molecule has 0 radical (unpaired) electrons. The highest BCUT2D eigenvalue weighted by molar-refractivity contribution is 5.69. The standard InChI is InChI=1S/C14H23N3O4/c1-14(2,3)21-13(18)17-6-7-20-9-11(17)10-8-16(4)15-12(10)19-5/h8,11H,6-7,9H2,1-5H3. The maximum Gasteiger partial charge on any atom is 0.410 e. The van der Waals surface area contributed by atoms with Crippen molar-refractivity contribution in [3.8, 4) is 5.88 Å². The highest BCUT2D eigenvalue weighted by atomic mass is 16.6. The Morgan fingerprint density at radius 3 is 2.81 bits per heavy atom. The summed E-state index contributed by atoms with van der Waals surface area (Å²) < 4.78 is 17.9. The molecule has 118 valence electrons. The lowest BCUT2D eigenvalue weighted by Crippen LogP contribution is -2.45. The van der Waals surface area contributed by atoms with E-state index in [1.54, 1.807) is 16.7 Å². The van der Waals surface area contributed by atoms with Crippen LogP contribution in [0.4, 0.5) is 4.79 Å². The molecule has 0 N–H and O–H groups in total. The molecule has 0 saturated carbocycles. The molecule has 0 aromatic carbocycles. The van der Waals surface area contributed by atoms with E-state index in [-0.39, 0.29) is 12.1 Å². The summed E-state index contributed by atoms with van der Waals surface area (Å²) in [5.41, 5.74) is 0.296. The second-order valence-electron chi connectivity index (χ2n) is 6.03. The molecule has 1 aliphatic heterocycles. The highest BCUT2D eigenvalue weighted by Crippen LogP contribution is 2.31. The van der Waals surface area contributed by atoms with Crippen LogP contribution in [-0.4, -0.2) is 53.2 Å². The number of carbonyl (C=O) groups excluding carboxylic acids is 1. The van der Waals surface area contributed by atoms with Crippen LogP contribution in [0.25, 0.3) is 0 Å². The fourth-order valence-corrected chi connectivity index (χ4v) is 2.27. The van der Waals surface area contributed by atoms with E-state index in [0.29, 0.717) is 25.6 Å². The first-order chi connectivity index (χ1) is 9.81. The highest BCUT2D eigenvalue weighted by Gasteiger charge is 2.34. The average Bonchev–Trinajstić information content (AvgIpc) is 2.78. The fourth-order valence-electron chi connectivity index (χ4n) is 2.27. The minimum absolute atomic E-state index is 0.253. The molecule has 21 heavy (non-hydrogen) atoms. The van der Waals surface area contributed by atoms with Gasteiger partial charge in [0.2, 0.25) is 5.88 Å². The van der Waals surface area contributed by atoms with Crippen LogP contribution in [0.3, 0.4) is 0 Å². The Bertz CT molecular complexity index is 507. The van der Waals surface area contributed by atoms with E-state index < -0.39 is 5.60 Å². The Kier molecular flexibility index (Phi) is 4.41.